The summed E-state index contributed by atoms with van der Waals surface area (Å²) >= 11 is 0. The zero-order chi connectivity index (χ0) is 20.6. The van der Waals surface area contributed by atoms with Crippen LogP contribution in [0.5, 0.6) is 5.75 Å². The van der Waals surface area contributed by atoms with Crippen molar-refractivity contribution in [2.45, 2.75) is 13.8 Å². The molecule has 1 N–H and O–H groups in total. The van der Waals surface area contributed by atoms with Crippen LogP contribution in [-0.4, -0.2) is 25.0 Å². The van der Waals surface area contributed by atoms with Gasteiger partial charge in [-0.2, -0.15) is 0 Å². The Labute approximate surface area is 168 Å². The monoisotopic (exact) mass is 390 g/mol. The number of hydrogen-bond donors (Lipinski definition) is 1. The van der Waals surface area contributed by atoms with E-state index in [1.165, 1.54) is 0 Å². The predicted molar refractivity (Wildman–Crippen MR) is 112 cm³/mol. The van der Waals surface area contributed by atoms with Crippen molar-refractivity contribution in [1.29, 1.82) is 0 Å². The van der Waals surface area contributed by atoms with Crippen LogP contribution in [0.3, 0.4) is 0 Å². The molecule has 1 aliphatic rings. The van der Waals surface area contributed by atoms with Crippen LogP contribution in [0.4, 0.5) is 11.4 Å². The summed E-state index contributed by atoms with van der Waals surface area (Å²) in [4.78, 5) is 27.3. The molecule has 0 atom stereocenters. The fourth-order valence-electron chi connectivity index (χ4n) is 3.32. The van der Waals surface area contributed by atoms with Gasteiger partial charge < -0.3 is 19.4 Å². The maximum Gasteiger partial charge on any atom is 0.291 e. The maximum absolute atomic E-state index is 13.0. The normalized spacial score (nSPS) is 15.4. The molecule has 0 saturated heterocycles. The molecule has 3 aromatic rings. The fourth-order valence-corrected chi connectivity index (χ4v) is 3.32. The van der Waals surface area contributed by atoms with Gasteiger partial charge in [0.25, 0.3) is 5.91 Å². The van der Waals surface area contributed by atoms with Gasteiger partial charge >= 0.3 is 0 Å². The van der Waals surface area contributed by atoms with Crippen LogP contribution < -0.4 is 15.0 Å². The van der Waals surface area contributed by atoms with Crippen molar-refractivity contribution in [2.24, 2.45) is 5.41 Å². The molecule has 0 spiro atoms. The first-order valence-corrected chi connectivity index (χ1v) is 9.39. The van der Waals surface area contributed by atoms with Crippen LogP contribution in [0.25, 0.3) is 11.0 Å². The van der Waals surface area contributed by atoms with Gasteiger partial charge in [0.1, 0.15) is 17.9 Å². The van der Waals surface area contributed by atoms with Gasteiger partial charge in [-0.05, 0) is 44.2 Å². The summed E-state index contributed by atoms with van der Waals surface area (Å²) < 4.78 is 11.5. The second kappa shape index (κ2) is 7.13. The third kappa shape index (κ3) is 3.49. The number of rotatable bonds is 4. The zero-order valence-corrected chi connectivity index (χ0v) is 16.4. The summed E-state index contributed by atoms with van der Waals surface area (Å²) in [5, 5.41) is 3.70. The van der Waals surface area contributed by atoms with E-state index >= 15 is 0 Å². The molecular formula is C23H22N2O4. The number of para-hydroxylation sites is 1. The lowest BCUT2D eigenvalue weighted by molar-refractivity contribution is -0.127. The minimum Gasteiger partial charge on any atom is -0.490 e. The average molecular weight is 390 g/mol. The molecule has 2 aromatic carbocycles. The molecule has 1 aliphatic heterocycles. The Morgan fingerprint density at radius 2 is 2.03 bits per heavy atom. The largest absolute Gasteiger partial charge is 0.490 e. The van der Waals surface area contributed by atoms with Crippen LogP contribution in [0.2, 0.25) is 0 Å². The first-order chi connectivity index (χ1) is 13.9. The van der Waals surface area contributed by atoms with Gasteiger partial charge in [0.05, 0.1) is 11.1 Å². The van der Waals surface area contributed by atoms with Crippen LogP contribution in [0, 0.1) is 5.41 Å². The number of hydrogen-bond acceptors (Lipinski definition) is 4. The molecule has 0 bridgehead atoms. The Kier molecular flexibility index (Phi) is 4.62. The molecule has 2 heterocycles. The van der Waals surface area contributed by atoms with E-state index in [0.717, 1.165) is 5.39 Å². The van der Waals surface area contributed by atoms with Crippen LogP contribution in [0.15, 0.2) is 65.6 Å². The predicted octanol–water partition coefficient (Wildman–Crippen LogP) is 4.62. The van der Waals surface area contributed by atoms with Crippen molar-refractivity contribution in [1.82, 2.24) is 0 Å². The molecule has 0 aliphatic carbocycles. The molecule has 0 saturated carbocycles. The zero-order valence-electron chi connectivity index (χ0n) is 16.4. The van der Waals surface area contributed by atoms with E-state index in [4.69, 9.17) is 9.15 Å². The van der Waals surface area contributed by atoms with Crippen molar-refractivity contribution >= 4 is 34.2 Å². The van der Waals surface area contributed by atoms with Crippen molar-refractivity contribution in [3.05, 3.63) is 66.9 Å². The summed E-state index contributed by atoms with van der Waals surface area (Å²) in [5.41, 5.74) is 1.12. The Bertz CT molecular complexity index is 1080. The number of anilines is 2. The number of carbonyl (C=O) groups excluding carboxylic acids is 2. The highest BCUT2D eigenvalue weighted by molar-refractivity contribution is 6.06. The summed E-state index contributed by atoms with van der Waals surface area (Å²) in [7, 11) is 0. The minimum atomic E-state index is -0.667. The van der Waals surface area contributed by atoms with E-state index in [2.05, 4.69) is 11.9 Å². The van der Waals surface area contributed by atoms with E-state index in [-0.39, 0.29) is 24.2 Å². The van der Waals surface area contributed by atoms with Crippen molar-refractivity contribution in [2.75, 3.05) is 23.4 Å². The fraction of sp³-hybridized carbons (Fsp3) is 0.217. The highest BCUT2D eigenvalue weighted by Gasteiger charge is 2.37. The second-order valence-corrected chi connectivity index (χ2v) is 7.66. The molecule has 0 fully saturated rings. The number of fused-ring (bicyclic) bond motifs is 2. The maximum atomic E-state index is 13.0. The lowest BCUT2D eigenvalue weighted by Crippen LogP contribution is -2.42. The molecule has 2 amide bonds. The quantitative estimate of drug-likeness (QED) is 0.660. The molecule has 29 heavy (non-hydrogen) atoms. The Morgan fingerprint density at radius 1 is 1.24 bits per heavy atom. The standard InChI is InChI=1S/C23H22N2O4/c1-4-11-25-17-13-16(9-10-19(17)28-14-23(2,3)22(25)27)24-21(26)20-12-15-7-5-6-8-18(15)29-20/h4-10,12-13H,1,11,14H2,2-3H3,(H,24,26). The van der Waals surface area contributed by atoms with Gasteiger partial charge in [-0.25, -0.2) is 0 Å². The van der Waals surface area contributed by atoms with Crippen LogP contribution in [-0.2, 0) is 4.79 Å². The van der Waals surface area contributed by atoms with Crippen LogP contribution >= 0.6 is 0 Å². The number of carbonyl (C=O) groups is 2. The van der Waals surface area contributed by atoms with Crippen LogP contribution in [0.1, 0.15) is 24.4 Å². The molecule has 6 nitrogen and oxygen atoms in total. The highest BCUT2D eigenvalue weighted by atomic mass is 16.5. The smallest absolute Gasteiger partial charge is 0.291 e. The van der Waals surface area contributed by atoms with E-state index < -0.39 is 5.41 Å². The lowest BCUT2D eigenvalue weighted by Gasteiger charge is -2.27. The van der Waals surface area contributed by atoms with E-state index in [1.54, 1.807) is 35.2 Å². The van der Waals surface area contributed by atoms with Gasteiger partial charge in [0.15, 0.2) is 5.76 Å². The summed E-state index contributed by atoms with van der Waals surface area (Å²) in [6.07, 6.45) is 1.67. The van der Waals surface area contributed by atoms with E-state index in [1.807, 2.05) is 38.1 Å². The van der Waals surface area contributed by atoms with Gasteiger partial charge in [0.2, 0.25) is 5.91 Å². The van der Waals surface area contributed by atoms with Gasteiger partial charge in [-0.3, -0.25) is 9.59 Å². The SMILES string of the molecule is C=CCN1C(=O)C(C)(C)COc2ccc(NC(=O)c3cc4ccccc4o3)cc21. The average Bonchev–Trinajstić information content (AvgIpc) is 3.11. The number of furan rings is 1. The molecule has 0 unspecified atom stereocenters. The molecule has 4 rings (SSSR count). The molecule has 0 radical (unpaired) electrons. The van der Waals surface area contributed by atoms with Crippen molar-refractivity contribution in [3.8, 4) is 5.75 Å². The first kappa shape index (κ1) is 18.8. The van der Waals surface area contributed by atoms with Gasteiger partial charge in [-0.1, -0.05) is 24.3 Å². The molecule has 148 valence electrons. The first-order valence-electron chi connectivity index (χ1n) is 9.39. The Balaban J connectivity index is 1.65. The molecule has 1 aromatic heterocycles. The molecular weight excluding hydrogens is 368 g/mol. The van der Waals surface area contributed by atoms with E-state index in [9.17, 15) is 9.59 Å². The van der Waals surface area contributed by atoms with E-state index in [0.29, 0.717) is 29.3 Å². The minimum absolute atomic E-state index is 0.0584. The Hall–Kier alpha value is -3.54. The Morgan fingerprint density at radius 3 is 2.79 bits per heavy atom. The number of nitrogens with one attached hydrogen (secondary N) is 1. The number of benzene rings is 2. The summed E-state index contributed by atoms with van der Waals surface area (Å²) in [6.45, 7) is 8.07. The number of nitrogens with zero attached hydrogens (tertiary/aromatic N) is 1. The topological polar surface area (TPSA) is 71.8 Å². The molecule has 6 heteroatoms. The van der Waals surface area contributed by atoms with Crippen molar-refractivity contribution in [3.63, 3.8) is 0 Å². The van der Waals surface area contributed by atoms with Gasteiger partial charge in [0, 0.05) is 17.6 Å². The third-order valence-electron chi connectivity index (χ3n) is 4.88. The lowest BCUT2D eigenvalue weighted by atomic mass is 9.93. The summed E-state index contributed by atoms with van der Waals surface area (Å²) in [6, 6.07) is 14.4. The third-order valence-corrected chi connectivity index (χ3v) is 4.88. The summed E-state index contributed by atoms with van der Waals surface area (Å²) in [5.74, 6) is 0.389. The second-order valence-electron chi connectivity index (χ2n) is 7.66. The highest BCUT2D eigenvalue weighted by Crippen LogP contribution is 2.38. The number of ether oxygens (including phenoxy) is 1. The van der Waals surface area contributed by atoms with Crippen molar-refractivity contribution < 1.29 is 18.7 Å². The number of amides is 2. The van der Waals surface area contributed by atoms with Gasteiger partial charge in [-0.15, -0.1) is 6.58 Å².